The Hall–Kier alpha value is -1.57. The van der Waals surface area contributed by atoms with Crippen LogP contribution in [0.3, 0.4) is 0 Å². The van der Waals surface area contributed by atoms with E-state index in [2.05, 4.69) is 6.07 Å². The van der Waals surface area contributed by atoms with Gasteiger partial charge in [-0.2, -0.15) is 5.26 Å². The van der Waals surface area contributed by atoms with E-state index in [-0.39, 0.29) is 12.3 Å². The van der Waals surface area contributed by atoms with Crippen LogP contribution in [-0.4, -0.2) is 17.0 Å². The lowest BCUT2D eigenvalue weighted by Gasteiger charge is -2.45. The lowest BCUT2D eigenvalue weighted by molar-refractivity contribution is -0.154. The number of nitriles is 1. The molecule has 120 valence electrons. The minimum Gasteiger partial charge on any atom is -0.481 e. The first-order chi connectivity index (χ1) is 9.32. The van der Waals surface area contributed by atoms with Gasteiger partial charge in [-0.25, -0.2) is 0 Å². The largest absolute Gasteiger partial charge is 0.481 e. The molecule has 0 aromatic carbocycles. The summed E-state index contributed by atoms with van der Waals surface area (Å²) in [5.74, 6) is -1.37. The number of carboxylic acids is 1. The molecular formula is C16H28N2O3. The predicted molar refractivity (Wildman–Crippen MR) is 81.1 cm³/mol. The molecule has 0 radical (unpaired) electrons. The fourth-order valence-electron chi connectivity index (χ4n) is 2.56. The molecule has 1 amide bonds. The zero-order chi connectivity index (χ0) is 17.1. The number of primary amides is 1. The number of carbonyl (C=O) groups is 2. The van der Waals surface area contributed by atoms with Gasteiger partial charge in [-0.15, -0.1) is 0 Å². The van der Waals surface area contributed by atoms with Gasteiger partial charge in [-0.05, 0) is 38.0 Å². The number of nitrogens with zero attached hydrogens (tertiary/aromatic N) is 1. The van der Waals surface area contributed by atoms with Crippen molar-refractivity contribution >= 4 is 11.9 Å². The summed E-state index contributed by atoms with van der Waals surface area (Å²) in [5, 5.41) is 19.1. The third-order valence-electron chi connectivity index (χ3n) is 5.18. The van der Waals surface area contributed by atoms with Crippen LogP contribution in [0, 0.1) is 33.5 Å². The van der Waals surface area contributed by atoms with E-state index in [9.17, 15) is 20.0 Å². The van der Waals surface area contributed by atoms with Gasteiger partial charge in [-0.1, -0.05) is 27.7 Å². The molecule has 0 spiro atoms. The van der Waals surface area contributed by atoms with E-state index < -0.39 is 28.1 Å². The standard InChI is InChI=1S/C16H28N2O3/c1-11(2)16(6,13(20)21)9-14(3,4)15(5,10-17)8-7-12(18)19/h11H,7-9H2,1-6H3,(H2,18,19)(H,20,21). The van der Waals surface area contributed by atoms with Crippen LogP contribution in [0.1, 0.15) is 60.8 Å². The maximum atomic E-state index is 11.7. The topological polar surface area (TPSA) is 104 Å². The first-order valence-corrected chi connectivity index (χ1v) is 7.25. The van der Waals surface area contributed by atoms with Crippen LogP contribution in [0.15, 0.2) is 0 Å². The van der Waals surface area contributed by atoms with Crippen LogP contribution in [0.4, 0.5) is 0 Å². The lowest BCUT2D eigenvalue weighted by Crippen LogP contribution is -2.44. The van der Waals surface area contributed by atoms with E-state index in [1.165, 1.54) is 0 Å². The SMILES string of the molecule is CC(C)C(C)(CC(C)(C)C(C)(C#N)CCC(N)=O)C(=O)O. The molecule has 0 saturated carbocycles. The van der Waals surface area contributed by atoms with Crippen molar-refractivity contribution < 1.29 is 14.7 Å². The fraction of sp³-hybridized carbons (Fsp3) is 0.812. The summed E-state index contributed by atoms with van der Waals surface area (Å²) in [5.41, 5.74) is 2.88. The van der Waals surface area contributed by atoms with Crippen molar-refractivity contribution in [3.63, 3.8) is 0 Å². The number of carboxylic acid groups (broad SMARTS) is 1. The molecule has 5 heteroatoms. The molecule has 3 N–H and O–H groups in total. The number of aliphatic carboxylic acids is 1. The van der Waals surface area contributed by atoms with Gasteiger partial charge in [0, 0.05) is 6.42 Å². The second-order valence-electron chi connectivity index (χ2n) is 7.35. The molecule has 5 nitrogen and oxygen atoms in total. The van der Waals surface area contributed by atoms with Crippen molar-refractivity contribution in [3.05, 3.63) is 0 Å². The van der Waals surface area contributed by atoms with Gasteiger partial charge in [0.1, 0.15) is 0 Å². The second kappa shape index (κ2) is 6.46. The summed E-state index contributed by atoms with van der Waals surface area (Å²) in [6.45, 7) is 11.0. The molecule has 0 saturated heterocycles. The Morgan fingerprint density at radius 2 is 1.71 bits per heavy atom. The predicted octanol–water partition coefficient (Wildman–Crippen LogP) is 2.94. The smallest absolute Gasteiger partial charge is 0.309 e. The fourth-order valence-corrected chi connectivity index (χ4v) is 2.56. The molecule has 0 fully saturated rings. The molecule has 21 heavy (non-hydrogen) atoms. The zero-order valence-electron chi connectivity index (χ0n) is 14.0. The van der Waals surface area contributed by atoms with Crippen molar-refractivity contribution in [1.29, 1.82) is 5.26 Å². The van der Waals surface area contributed by atoms with E-state index >= 15 is 0 Å². The maximum Gasteiger partial charge on any atom is 0.309 e. The lowest BCUT2D eigenvalue weighted by atomic mass is 9.57. The highest BCUT2D eigenvalue weighted by atomic mass is 16.4. The van der Waals surface area contributed by atoms with Gasteiger partial charge in [0.05, 0.1) is 16.9 Å². The molecule has 0 aliphatic heterocycles. The third-order valence-corrected chi connectivity index (χ3v) is 5.18. The van der Waals surface area contributed by atoms with Crippen LogP contribution in [0.5, 0.6) is 0 Å². The highest BCUT2D eigenvalue weighted by Gasteiger charge is 2.49. The van der Waals surface area contributed by atoms with E-state index in [0.29, 0.717) is 12.8 Å². The minimum absolute atomic E-state index is 0.0617. The van der Waals surface area contributed by atoms with Crippen molar-refractivity contribution in [2.75, 3.05) is 0 Å². The van der Waals surface area contributed by atoms with E-state index in [1.54, 1.807) is 13.8 Å². The van der Waals surface area contributed by atoms with Gasteiger partial charge in [-0.3, -0.25) is 9.59 Å². The van der Waals surface area contributed by atoms with Crippen LogP contribution in [0.2, 0.25) is 0 Å². The molecule has 0 aliphatic carbocycles. The number of carbonyl (C=O) groups excluding carboxylic acids is 1. The zero-order valence-corrected chi connectivity index (χ0v) is 14.0. The monoisotopic (exact) mass is 296 g/mol. The average molecular weight is 296 g/mol. The Balaban J connectivity index is 5.47. The van der Waals surface area contributed by atoms with Gasteiger partial charge in [0.2, 0.25) is 5.91 Å². The van der Waals surface area contributed by atoms with Gasteiger partial charge in [0.25, 0.3) is 0 Å². The number of amides is 1. The summed E-state index contributed by atoms with van der Waals surface area (Å²) in [6, 6.07) is 2.27. The number of rotatable bonds is 8. The van der Waals surface area contributed by atoms with Gasteiger partial charge < -0.3 is 10.8 Å². The molecule has 0 rings (SSSR count). The van der Waals surface area contributed by atoms with Crippen LogP contribution < -0.4 is 5.73 Å². The van der Waals surface area contributed by atoms with Gasteiger partial charge >= 0.3 is 5.97 Å². The summed E-state index contributed by atoms with van der Waals surface area (Å²) >= 11 is 0. The Morgan fingerprint density at radius 3 is 2.00 bits per heavy atom. The quantitative estimate of drug-likeness (QED) is 0.718. The number of nitrogens with two attached hydrogens (primary N) is 1. The molecule has 0 aromatic heterocycles. The Labute approximate surface area is 127 Å². The van der Waals surface area contributed by atoms with Crippen LogP contribution in [-0.2, 0) is 9.59 Å². The Bertz CT molecular complexity index is 451. The summed E-state index contributed by atoms with van der Waals surface area (Å²) in [6.07, 6.45) is 0.814. The van der Waals surface area contributed by atoms with Crippen molar-refractivity contribution in [1.82, 2.24) is 0 Å². The van der Waals surface area contributed by atoms with Crippen molar-refractivity contribution in [2.45, 2.75) is 60.8 Å². The second-order valence-corrected chi connectivity index (χ2v) is 7.35. The molecule has 0 aliphatic rings. The first kappa shape index (κ1) is 19.4. The van der Waals surface area contributed by atoms with Crippen molar-refractivity contribution in [2.24, 2.45) is 27.9 Å². The normalized spacial score (nSPS) is 17.6. The number of hydrogen-bond acceptors (Lipinski definition) is 3. The Morgan fingerprint density at radius 1 is 1.24 bits per heavy atom. The molecule has 0 aromatic rings. The van der Waals surface area contributed by atoms with Crippen LogP contribution in [0.25, 0.3) is 0 Å². The molecule has 0 bridgehead atoms. The van der Waals surface area contributed by atoms with E-state index in [4.69, 9.17) is 5.73 Å². The summed E-state index contributed by atoms with van der Waals surface area (Å²) in [7, 11) is 0. The van der Waals surface area contributed by atoms with E-state index in [0.717, 1.165) is 0 Å². The third kappa shape index (κ3) is 4.20. The number of hydrogen-bond donors (Lipinski definition) is 2. The first-order valence-electron chi connectivity index (χ1n) is 7.25. The van der Waals surface area contributed by atoms with E-state index in [1.807, 2.05) is 27.7 Å². The molecular weight excluding hydrogens is 268 g/mol. The summed E-state index contributed by atoms with van der Waals surface area (Å²) in [4.78, 5) is 22.7. The molecule has 2 unspecified atom stereocenters. The highest BCUT2D eigenvalue weighted by molar-refractivity contribution is 5.75. The van der Waals surface area contributed by atoms with Crippen molar-refractivity contribution in [3.8, 4) is 6.07 Å². The van der Waals surface area contributed by atoms with Gasteiger partial charge in [0.15, 0.2) is 0 Å². The average Bonchev–Trinajstić information content (AvgIpc) is 2.34. The minimum atomic E-state index is -0.922. The molecule has 2 atom stereocenters. The maximum absolute atomic E-state index is 11.7. The molecule has 0 heterocycles. The van der Waals surface area contributed by atoms with Crippen LogP contribution >= 0.6 is 0 Å². The highest BCUT2D eigenvalue weighted by Crippen LogP contribution is 2.50. The summed E-state index contributed by atoms with van der Waals surface area (Å²) < 4.78 is 0. The Kier molecular flexibility index (Phi) is 5.98.